The first-order valence-corrected chi connectivity index (χ1v) is 5.58. The van der Waals surface area contributed by atoms with Gasteiger partial charge in [-0.15, -0.1) is 0 Å². The molecule has 1 rings (SSSR count). The highest BCUT2D eigenvalue weighted by Gasteiger charge is 2.08. The number of hydrogen-bond donors (Lipinski definition) is 0. The Morgan fingerprint density at radius 1 is 1.06 bits per heavy atom. The third kappa shape index (κ3) is 4.41. The molecule has 0 fully saturated rings. The fraction of sp³-hybridized carbons (Fsp3) is 0.286. The van der Waals surface area contributed by atoms with Gasteiger partial charge >= 0.3 is 11.9 Å². The van der Waals surface area contributed by atoms with Crippen molar-refractivity contribution in [3.63, 3.8) is 0 Å². The lowest BCUT2D eigenvalue weighted by molar-refractivity contribution is -0.140. The molecule has 0 atom stereocenters. The number of carbonyl (C=O) groups excluding carboxylic acids is 2. The minimum absolute atomic E-state index is 0.230. The molecule has 0 spiro atoms. The van der Waals surface area contributed by atoms with Crippen LogP contribution in [0.4, 0.5) is 0 Å². The highest BCUT2D eigenvalue weighted by atomic mass is 16.5. The van der Waals surface area contributed by atoms with Crippen LogP contribution in [0.15, 0.2) is 36.4 Å². The summed E-state index contributed by atoms with van der Waals surface area (Å²) >= 11 is 0. The predicted molar refractivity (Wildman–Crippen MR) is 67.7 cm³/mol. The highest BCUT2D eigenvalue weighted by molar-refractivity contribution is 5.91. The molecular formula is C14H16O4. The first-order valence-electron chi connectivity index (χ1n) is 5.58. The van der Waals surface area contributed by atoms with Gasteiger partial charge in [-0.1, -0.05) is 30.3 Å². The third-order valence-corrected chi connectivity index (χ3v) is 2.46. The molecule has 0 N–H and O–H groups in total. The summed E-state index contributed by atoms with van der Waals surface area (Å²) in [5, 5.41) is 0. The van der Waals surface area contributed by atoms with Crippen molar-refractivity contribution in [1.82, 2.24) is 0 Å². The summed E-state index contributed by atoms with van der Waals surface area (Å²) in [7, 11) is 2.66. The number of ether oxygens (including phenoxy) is 2. The SMILES string of the molecule is COC(=O)/C=C(/CCC(=O)OC)c1ccccc1. The van der Waals surface area contributed by atoms with Crippen LogP contribution in [0.1, 0.15) is 18.4 Å². The molecule has 0 saturated heterocycles. The van der Waals surface area contributed by atoms with E-state index in [1.165, 1.54) is 20.3 Å². The standard InChI is InChI=1S/C14H16O4/c1-17-13(15)9-8-12(10-14(16)18-2)11-6-4-3-5-7-11/h3-7,10H,8-9H2,1-2H3/b12-10-. The molecule has 0 aromatic heterocycles. The Morgan fingerprint density at radius 3 is 2.28 bits per heavy atom. The Bertz CT molecular complexity index is 434. The molecule has 0 aliphatic heterocycles. The van der Waals surface area contributed by atoms with Crippen molar-refractivity contribution in [1.29, 1.82) is 0 Å². The van der Waals surface area contributed by atoms with Gasteiger partial charge in [-0.25, -0.2) is 4.79 Å². The zero-order chi connectivity index (χ0) is 13.4. The Hall–Kier alpha value is -2.10. The topological polar surface area (TPSA) is 52.6 Å². The lowest BCUT2D eigenvalue weighted by Gasteiger charge is -2.06. The predicted octanol–water partition coefficient (Wildman–Crippen LogP) is 2.20. The lowest BCUT2D eigenvalue weighted by atomic mass is 10.0. The molecule has 0 amide bonds. The van der Waals surface area contributed by atoms with E-state index in [4.69, 9.17) is 0 Å². The molecule has 0 heterocycles. The second-order valence-corrected chi connectivity index (χ2v) is 3.63. The molecule has 0 saturated carbocycles. The van der Waals surface area contributed by atoms with Gasteiger partial charge in [-0.05, 0) is 17.6 Å². The summed E-state index contributed by atoms with van der Waals surface area (Å²) in [6.07, 6.45) is 2.07. The van der Waals surface area contributed by atoms with Crippen molar-refractivity contribution in [2.75, 3.05) is 14.2 Å². The maximum atomic E-state index is 11.3. The molecule has 96 valence electrons. The van der Waals surface area contributed by atoms with Gasteiger partial charge in [0.1, 0.15) is 0 Å². The van der Waals surface area contributed by atoms with Crippen LogP contribution < -0.4 is 0 Å². The van der Waals surface area contributed by atoms with Gasteiger partial charge in [-0.3, -0.25) is 4.79 Å². The number of rotatable bonds is 5. The molecule has 18 heavy (non-hydrogen) atoms. The molecule has 0 bridgehead atoms. The average Bonchev–Trinajstić information content (AvgIpc) is 2.43. The number of benzene rings is 1. The quantitative estimate of drug-likeness (QED) is 0.592. The molecule has 0 radical (unpaired) electrons. The molecule has 1 aromatic carbocycles. The van der Waals surface area contributed by atoms with Gasteiger partial charge < -0.3 is 9.47 Å². The summed E-state index contributed by atoms with van der Waals surface area (Å²) < 4.78 is 9.19. The van der Waals surface area contributed by atoms with Crippen molar-refractivity contribution in [2.45, 2.75) is 12.8 Å². The molecular weight excluding hydrogens is 232 g/mol. The summed E-state index contributed by atoms with van der Waals surface area (Å²) in [6, 6.07) is 9.40. The molecule has 0 unspecified atom stereocenters. The van der Waals surface area contributed by atoms with E-state index in [-0.39, 0.29) is 12.4 Å². The molecule has 0 aliphatic carbocycles. The summed E-state index contributed by atoms with van der Waals surface area (Å²) in [5.74, 6) is -0.736. The number of esters is 2. The van der Waals surface area contributed by atoms with E-state index < -0.39 is 5.97 Å². The zero-order valence-electron chi connectivity index (χ0n) is 10.5. The van der Waals surface area contributed by atoms with Gasteiger partial charge in [0.05, 0.1) is 14.2 Å². The Balaban J connectivity index is 2.86. The molecule has 0 aliphatic rings. The van der Waals surface area contributed by atoms with Crippen molar-refractivity contribution in [2.24, 2.45) is 0 Å². The minimum Gasteiger partial charge on any atom is -0.469 e. The molecule has 4 heteroatoms. The van der Waals surface area contributed by atoms with Crippen LogP contribution >= 0.6 is 0 Å². The molecule has 1 aromatic rings. The van der Waals surface area contributed by atoms with E-state index in [9.17, 15) is 9.59 Å². The largest absolute Gasteiger partial charge is 0.469 e. The van der Waals surface area contributed by atoms with E-state index in [1.54, 1.807) is 0 Å². The summed E-state index contributed by atoms with van der Waals surface area (Å²) in [6.45, 7) is 0. The van der Waals surface area contributed by atoms with Crippen LogP contribution in [0.3, 0.4) is 0 Å². The lowest BCUT2D eigenvalue weighted by Crippen LogP contribution is -2.02. The number of allylic oxidation sites excluding steroid dienone is 1. The fourth-order valence-corrected chi connectivity index (χ4v) is 1.49. The number of methoxy groups -OCH3 is 2. The first kappa shape index (κ1) is 14.0. The van der Waals surface area contributed by atoms with E-state index in [1.807, 2.05) is 30.3 Å². The van der Waals surface area contributed by atoms with Gasteiger partial charge in [0.25, 0.3) is 0 Å². The maximum absolute atomic E-state index is 11.3. The molecule has 4 nitrogen and oxygen atoms in total. The summed E-state index contributed by atoms with van der Waals surface area (Å²) in [5.41, 5.74) is 1.65. The van der Waals surface area contributed by atoms with E-state index in [2.05, 4.69) is 9.47 Å². The van der Waals surface area contributed by atoms with Crippen molar-refractivity contribution < 1.29 is 19.1 Å². The minimum atomic E-state index is -0.432. The van der Waals surface area contributed by atoms with Crippen LogP contribution in [-0.4, -0.2) is 26.2 Å². The van der Waals surface area contributed by atoms with Crippen LogP contribution in [0.2, 0.25) is 0 Å². The Kier molecular flexibility index (Phi) is 5.64. The smallest absolute Gasteiger partial charge is 0.330 e. The van der Waals surface area contributed by atoms with Gasteiger partial charge in [0, 0.05) is 12.5 Å². The fourth-order valence-electron chi connectivity index (χ4n) is 1.49. The van der Waals surface area contributed by atoms with E-state index >= 15 is 0 Å². The van der Waals surface area contributed by atoms with Crippen LogP contribution in [-0.2, 0) is 19.1 Å². The normalized spacial score (nSPS) is 10.9. The average molecular weight is 248 g/mol. The number of carbonyl (C=O) groups is 2. The van der Waals surface area contributed by atoms with Crippen molar-refractivity contribution in [3.05, 3.63) is 42.0 Å². The number of hydrogen-bond acceptors (Lipinski definition) is 4. The third-order valence-electron chi connectivity index (χ3n) is 2.46. The zero-order valence-corrected chi connectivity index (χ0v) is 10.5. The monoisotopic (exact) mass is 248 g/mol. The summed E-state index contributed by atoms with van der Waals surface area (Å²) in [4.78, 5) is 22.4. The van der Waals surface area contributed by atoms with Crippen LogP contribution in [0, 0.1) is 0 Å². The first-order chi connectivity index (χ1) is 8.67. The van der Waals surface area contributed by atoms with E-state index in [0.29, 0.717) is 6.42 Å². The van der Waals surface area contributed by atoms with Gasteiger partial charge in [0.15, 0.2) is 0 Å². The van der Waals surface area contributed by atoms with Gasteiger partial charge in [0.2, 0.25) is 0 Å². The van der Waals surface area contributed by atoms with Crippen LogP contribution in [0.25, 0.3) is 5.57 Å². The maximum Gasteiger partial charge on any atom is 0.330 e. The van der Waals surface area contributed by atoms with Gasteiger partial charge in [-0.2, -0.15) is 0 Å². The Morgan fingerprint density at radius 2 is 1.72 bits per heavy atom. The Labute approximate surface area is 106 Å². The second kappa shape index (κ2) is 7.27. The van der Waals surface area contributed by atoms with Crippen molar-refractivity contribution >= 4 is 17.5 Å². The second-order valence-electron chi connectivity index (χ2n) is 3.63. The van der Waals surface area contributed by atoms with Crippen molar-refractivity contribution in [3.8, 4) is 0 Å². The van der Waals surface area contributed by atoms with E-state index in [0.717, 1.165) is 11.1 Å². The van der Waals surface area contributed by atoms with Crippen LogP contribution in [0.5, 0.6) is 0 Å². The highest BCUT2D eigenvalue weighted by Crippen LogP contribution is 2.20.